The number of fused-ring (bicyclic) bond motifs is 2. The fourth-order valence-electron chi connectivity index (χ4n) is 3.36. The predicted molar refractivity (Wildman–Crippen MR) is 104 cm³/mol. The lowest BCUT2D eigenvalue weighted by molar-refractivity contribution is -0.142. The van der Waals surface area contributed by atoms with Crippen LogP contribution in [0.4, 0.5) is 11.4 Å². The molecule has 0 spiro atoms. The summed E-state index contributed by atoms with van der Waals surface area (Å²) in [5.74, 6) is 0.480. The molecule has 2 heterocycles. The summed E-state index contributed by atoms with van der Waals surface area (Å²) in [6.45, 7) is 5.95. The van der Waals surface area contributed by atoms with Gasteiger partial charge < -0.3 is 9.64 Å². The number of nitrogens with zero attached hydrogens (tertiary/aromatic N) is 3. The van der Waals surface area contributed by atoms with Crippen molar-refractivity contribution in [1.82, 2.24) is 5.01 Å². The Morgan fingerprint density at radius 3 is 2.19 bits per heavy atom. The number of para-hydroxylation sites is 2. The summed E-state index contributed by atoms with van der Waals surface area (Å²) in [7, 11) is 0. The maximum absolute atomic E-state index is 11.8. The van der Waals surface area contributed by atoms with Crippen LogP contribution in [0.2, 0.25) is 0 Å². The van der Waals surface area contributed by atoms with E-state index < -0.39 is 5.72 Å². The summed E-state index contributed by atoms with van der Waals surface area (Å²) >= 11 is 1.79. The number of hydrazone groups is 1. The minimum Gasteiger partial charge on any atom is -0.452 e. The molecular formula is C20H21N3O2S. The summed E-state index contributed by atoms with van der Waals surface area (Å²) < 4.78 is 5.91. The van der Waals surface area contributed by atoms with E-state index in [0.29, 0.717) is 12.3 Å². The lowest BCUT2D eigenvalue weighted by atomic mass is 10.2. The molecule has 4 rings (SSSR count). The van der Waals surface area contributed by atoms with Gasteiger partial charge >= 0.3 is 0 Å². The number of amides is 1. The molecule has 2 aromatic carbocycles. The Morgan fingerprint density at radius 1 is 1.08 bits per heavy atom. The van der Waals surface area contributed by atoms with Crippen LogP contribution in [0.3, 0.4) is 0 Å². The number of benzene rings is 2. The SMILES string of the molecule is CC(=O)N1N=C(CCN2c3ccccc3Sc3ccccc32)OC1(C)C. The zero-order valence-corrected chi connectivity index (χ0v) is 15.9. The molecule has 0 saturated heterocycles. The zero-order chi connectivity index (χ0) is 18.3. The minimum absolute atomic E-state index is 0.116. The summed E-state index contributed by atoms with van der Waals surface area (Å²) in [6.07, 6.45) is 0.626. The molecule has 0 unspecified atom stereocenters. The fourth-order valence-corrected chi connectivity index (χ4v) is 4.46. The van der Waals surface area contributed by atoms with Gasteiger partial charge in [-0.3, -0.25) is 4.79 Å². The van der Waals surface area contributed by atoms with E-state index in [9.17, 15) is 4.79 Å². The average molecular weight is 367 g/mol. The summed E-state index contributed by atoms with van der Waals surface area (Å²) in [5.41, 5.74) is 1.66. The summed E-state index contributed by atoms with van der Waals surface area (Å²) in [4.78, 5) is 16.6. The Kier molecular flexibility index (Phi) is 4.15. The van der Waals surface area contributed by atoms with E-state index in [4.69, 9.17) is 4.74 Å². The third-order valence-corrected chi connectivity index (χ3v) is 5.60. The maximum atomic E-state index is 11.8. The quantitative estimate of drug-likeness (QED) is 0.795. The van der Waals surface area contributed by atoms with Crippen molar-refractivity contribution in [2.45, 2.75) is 42.7 Å². The molecule has 26 heavy (non-hydrogen) atoms. The highest BCUT2D eigenvalue weighted by atomic mass is 32.2. The van der Waals surface area contributed by atoms with E-state index in [1.165, 1.54) is 33.1 Å². The molecule has 0 aromatic heterocycles. The number of hydrogen-bond donors (Lipinski definition) is 0. The van der Waals surface area contributed by atoms with Crippen LogP contribution < -0.4 is 4.90 Å². The van der Waals surface area contributed by atoms with Crippen LogP contribution in [0.25, 0.3) is 0 Å². The molecule has 0 saturated carbocycles. The summed E-state index contributed by atoms with van der Waals surface area (Å²) in [6, 6.07) is 16.8. The highest BCUT2D eigenvalue weighted by molar-refractivity contribution is 7.99. The highest BCUT2D eigenvalue weighted by Crippen LogP contribution is 2.47. The molecule has 2 aliphatic rings. The van der Waals surface area contributed by atoms with Gasteiger partial charge in [0.25, 0.3) is 0 Å². The largest absolute Gasteiger partial charge is 0.452 e. The minimum atomic E-state index is -0.727. The van der Waals surface area contributed by atoms with Gasteiger partial charge in [0.2, 0.25) is 17.5 Å². The van der Waals surface area contributed by atoms with Gasteiger partial charge in [-0.25, -0.2) is 0 Å². The van der Waals surface area contributed by atoms with Crippen molar-refractivity contribution >= 4 is 34.9 Å². The lowest BCUT2D eigenvalue weighted by Crippen LogP contribution is -2.41. The zero-order valence-electron chi connectivity index (χ0n) is 15.1. The first-order chi connectivity index (χ1) is 12.5. The van der Waals surface area contributed by atoms with Crippen molar-refractivity contribution in [1.29, 1.82) is 0 Å². The molecule has 2 aromatic rings. The van der Waals surface area contributed by atoms with Gasteiger partial charge in [0.1, 0.15) is 0 Å². The Labute approximate surface area is 157 Å². The molecule has 2 aliphatic heterocycles. The van der Waals surface area contributed by atoms with E-state index in [0.717, 1.165) is 6.54 Å². The number of carbonyl (C=O) groups is 1. The van der Waals surface area contributed by atoms with Crippen LogP contribution in [0.15, 0.2) is 63.4 Å². The second-order valence-electron chi connectivity index (χ2n) is 6.81. The van der Waals surface area contributed by atoms with Crippen LogP contribution in [0, 0.1) is 0 Å². The second-order valence-corrected chi connectivity index (χ2v) is 7.90. The molecule has 0 bridgehead atoms. The van der Waals surface area contributed by atoms with Gasteiger partial charge in [-0.05, 0) is 38.1 Å². The molecule has 0 atom stereocenters. The molecule has 0 N–H and O–H groups in total. The molecule has 0 radical (unpaired) electrons. The third kappa shape index (κ3) is 2.94. The van der Waals surface area contributed by atoms with Gasteiger partial charge in [-0.15, -0.1) is 5.10 Å². The van der Waals surface area contributed by atoms with Crippen LogP contribution >= 0.6 is 11.8 Å². The van der Waals surface area contributed by atoms with Crippen molar-refractivity contribution in [2.75, 3.05) is 11.4 Å². The van der Waals surface area contributed by atoms with E-state index in [2.05, 4.69) is 58.5 Å². The highest BCUT2D eigenvalue weighted by Gasteiger charge is 2.38. The lowest BCUT2D eigenvalue weighted by Gasteiger charge is -2.32. The van der Waals surface area contributed by atoms with Crippen molar-refractivity contribution in [3.63, 3.8) is 0 Å². The van der Waals surface area contributed by atoms with Crippen LogP contribution in [-0.4, -0.2) is 29.1 Å². The third-order valence-electron chi connectivity index (χ3n) is 4.47. The molecule has 0 fully saturated rings. The van der Waals surface area contributed by atoms with Crippen LogP contribution in [-0.2, 0) is 9.53 Å². The Bertz CT molecular complexity index is 849. The smallest absolute Gasteiger partial charge is 0.243 e. The fraction of sp³-hybridized carbons (Fsp3) is 0.300. The second kappa shape index (κ2) is 6.36. The van der Waals surface area contributed by atoms with E-state index >= 15 is 0 Å². The molecule has 6 heteroatoms. The van der Waals surface area contributed by atoms with Crippen molar-refractivity contribution < 1.29 is 9.53 Å². The maximum Gasteiger partial charge on any atom is 0.243 e. The van der Waals surface area contributed by atoms with Gasteiger partial charge in [-0.1, -0.05) is 36.0 Å². The summed E-state index contributed by atoms with van der Waals surface area (Å²) in [5, 5.41) is 5.80. The van der Waals surface area contributed by atoms with Gasteiger partial charge in [0.05, 0.1) is 11.4 Å². The molecule has 1 amide bonds. The van der Waals surface area contributed by atoms with Crippen molar-refractivity contribution in [2.24, 2.45) is 5.10 Å². The standard InChI is InChI=1S/C20H21N3O2S/c1-14(24)23-20(2,3)25-19(21-23)12-13-22-15-8-4-6-10-17(15)26-18-11-7-5-9-16(18)22/h4-11H,12-13H2,1-3H3. The van der Waals surface area contributed by atoms with Crippen molar-refractivity contribution in [3.05, 3.63) is 48.5 Å². The molecule has 0 aliphatic carbocycles. The molecule has 5 nitrogen and oxygen atoms in total. The Balaban J connectivity index is 1.60. The Morgan fingerprint density at radius 2 is 1.65 bits per heavy atom. The first-order valence-corrected chi connectivity index (χ1v) is 9.48. The monoisotopic (exact) mass is 367 g/mol. The van der Waals surface area contributed by atoms with E-state index in [1.54, 1.807) is 11.8 Å². The van der Waals surface area contributed by atoms with Crippen LogP contribution in [0.5, 0.6) is 0 Å². The Hall–Kier alpha value is -2.47. The van der Waals surface area contributed by atoms with Gasteiger partial charge in [0.15, 0.2) is 0 Å². The average Bonchev–Trinajstić information content (AvgIpc) is 2.93. The first-order valence-electron chi connectivity index (χ1n) is 8.66. The van der Waals surface area contributed by atoms with E-state index in [1.807, 2.05) is 13.8 Å². The predicted octanol–water partition coefficient (Wildman–Crippen LogP) is 4.61. The van der Waals surface area contributed by atoms with Crippen LogP contribution in [0.1, 0.15) is 27.2 Å². The number of hydrogen-bond acceptors (Lipinski definition) is 5. The number of carbonyl (C=O) groups excluding carboxylic acids is 1. The number of ether oxygens (including phenoxy) is 1. The molecule has 134 valence electrons. The van der Waals surface area contributed by atoms with Gasteiger partial charge in [0, 0.05) is 29.7 Å². The van der Waals surface area contributed by atoms with Crippen molar-refractivity contribution in [3.8, 4) is 0 Å². The normalized spacial score (nSPS) is 17.3. The van der Waals surface area contributed by atoms with Gasteiger partial charge in [-0.2, -0.15) is 5.01 Å². The topological polar surface area (TPSA) is 45.1 Å². The first kappa shape index (κ1) is 17.0. The number of anilines is 2. The number of rotatable bonds is 3. The molecular weight excluding hydrogens is 346 g/mol. The van der Waals surface area contributed by atoms with E-state index in [-0.39, 0.29) is 5.91 Å².